The highest BCUT2D eigenvalue weighted by Crippen LogP contribution is 2.16. The van der Waals surface area contributed by atoms with Crippen molar-refractivity contribution < 1.29 is 0 Å². The normalized spacial score (nSPS) is 10.7. The second kappa shape index (κ2) is 5.25. The van der Waals surface area contributed by atoms with Crippen LogP contribution in [-0.4, -0.2) is 9.78 Å². The Morgan fingerprint density at radius 1 is 1.22 bits per heavy atom. The second-order valence-corrected chi connectivity index (χ2v) is 4.75. The molecule has 0 unspecified atom stereocenters. The van der Waals surface area contributed by atoms with Gasteiger partial charge in [0.25, 0.3) is 0 Å². The quantitative estimate of drug-likeness (QED) is 0.893. The van der Waals surface area contributed by atoms with Crippen LogP contribution < -0.4 is 5.32 Å². The summed E-state index contributed by atoms with van der Waals surface area (Å²) in [5, 5.41) is 7.79. The number of nitrogens with zero attached hydrogens (tertiary/aromatic N) is 2. The van der Waals surface area contributed by atoms with E-state index in [9.17, 15) is 0 Å². The fourth-order valence-corrected chi connectivity index (χ4v) is 2.22. The van der Waals surface area contributed by atoms with Crippen LogP contribution >= 0.6 is 0 Å². The third-order valence-corrected chi connectivity index (χ3v) is 3.30. The Hall–Kier alpha value is -1.77. The Balaban J connectivity index is 2.06. The molecule has 0 atom stereocenters. The molecular formula is C15H21N3. The lowest BCUT2D eigenvalue weighted by atomic mass is 10.1. The molecule has 0 radical (unpaired) electrons. The molecule has 18 heavy (non-hydrogen) atoms. The predicted molar refractivity (Wildman–Crippen MR) is 75.8 cm³/mol. The van der Waals surface area contributed by atoms with E-state index < -0.39 is 0 Å². The van der Waals surface area contributed by atoms with E-state index in [4.69, 9.17) is 0 Å². The monoisotopic (exact) mass is 243 g/mol. The highest BCUT2D eigenvalue weighted by molar-refractivity contribution is 5.48. The van der Waals surface area contributed by atoms with E-state index in [1.54, 1.807) is 0 Å². The maximum absolute atomic E-state index is 4.34. The first-order chi connectivity index (χ1) is 8.60. The number of aromatic nitrogens is 2. The van der Waals surface area contributed by atoms with Crippen molar-refractivity contribution in [1.29, 1.82) is 0 Å². The maximum Gasteiger partial charge on any atom is 0.0597 e. The highest BCUT2D eigenvalue weighted by atomic mass is 15.3. The zero-order valence-corrected chi connectivity index (χ0v) is 11.6. The first-order valence-electron chi connectivity index (χ1n) is 6.43. The summed E-state index contributed by atoms with van der Waals surface area (Å²) < 4.78 is 1.93. The summed E-state index contributed by atoms with van der Waals surface area (Å²) in [6.45, 7) is 7.18. The molecule has 0 saturated carbocycles. The zero-order valence-electron chi connectivity index (χ0n) is 11.6. The van der Waals surface area contributed by atoms with Gasteiger partial charge in [0.2, 0.25) is 0 Å². The molecule has 1 N–H and O–H groups in total. The smallest absolute Gasteiger partial charge is 0.0597 e. The van der Waals surface area contributed by atoms with Crippen LogP contribution in [0.25, 0.3) is 0 Å². The molecule has 1 heterocycles. The largest absolute Gasteiger partial charge is 0.379 e. The van der Waals surface area contributed by atoms with Crippen LogP contribution in [0.3, 0.4) is 0 Å². The van der Waals surface area contributed by atoms with Gasteiger partial charge in [-0.1, -0.05) is 13.0 Å². The van der Waals surface area contributed by atoms with Crippen molar-refractivity contribution in [1.82, 2.24) is 9.78 Å². The van der Waals surface area contributed by atoms with Crippen molar-refractivity contribution in [3.63, 3.8) is 0 Å². The Bertz CT molecular complexity index is 541. The number of benzene rings is 1. The second-order valence-electron chi connectivity index (χ2n) is 4.75. The average molecular weight is 243 g/mol. The van der Waals surface area contributed by atoms with E-state index in [0.29, 0.717) is 0 Å². The average Bonchev–Trinajstić information content (AvgIpc) is 2.65. The van der Waals surface area contributed by atoms with Crippen LogP contribution in [0.1, 0.15) is 29.4 Å². The number of hydrogen-bond acceptors (Lipinski definition) is 2. The summed E-state index contributed by atoms with van der Waals surface area (Å²) in [5.74, 6) is 0. The van der Waals surface area contributed by atoms with E-state index in [-0.39, 0.29) is 0 Å². The first-order valence-corrected chi connectivity index (χ1v) is 6.43. The fourth-order valence-electron chi connectivity index (χ4n) is 2.22. The van der Waals surface area contributed by atoms with Crippen LogP contribution in [0, 0.1) is 13.8 Å². The molecule has 0 saturated heterocycles. The lowest BCUT2D eigenvalue weighted by molar-refractivity contribution is 0.713. The van der Waals surface area contributed by atoms with Gasteiger partial charge in [-0.15, -0.1) is 0 Å². The van der Waals surface area contributed by atoms with Gasteiger partial charge < -0.3 is 5.32 Å². The molecule has 0 aliphatic heterocycles. The van der Waals surface area contributed by atoms with Gasteiger partial charge >= 0.3 is 0 Å². The van der Waals surface area contributed by atoms with E-state index in [1.165, 1.54) is 22.5 Å². The van der Waals surface area contributed by atoms with E-state index in [1.807, 2.05) is 18.7 Å². The molecule has 0 aliphatic rings. The fraction of sp³-hybridized carbons (Fsp3) is 0.400. The molecule has 0 bridgehead atoms. The van der Waals surface area contributed by atoms with Crippen LogP contribution in [-0.2, 0) is 20.0 Å². The van der Waals surface area contributed by atoms with Crippen LogP contribution in [0.15, 0.2) is 24.3 Å². The Morgan fingerprint density at radius 3 is 2.56 bits per heavy atom. The molecule has 2 rings (SSSR count). The molecule has 2 aromatic rings. The van der Waals surface area contributed by atoms with Gasteiger partial charge in [-0.3, -0.25) is 4.68 Å². The number of rotatable bonds is 4. The summed E-state index contributed by atoms with van der Waals surface area (Å²) in [5.41, 5.74) is 6.20. The van der Waals surface area contributed by atoms with Crippen molar-refractivity contribution in [2.45, 2.75) is 33.7 Å². The highest BCUT2D eigenvalue weighted by Gasteiger charge is 2.02. The van der Waals surface area contributed by atoms with Gasteiger partial charge in [-0.25, -0.2) is 0 Å². The van der Waals surface area contributed by atoms with Gasteiger partial charge in [0, 0.05) is 12.7 Å². The molecule has 0 spiro atoms. The Kier molecular flexibility index (Phi) is 3.70. The third kappa shape index (κ3) is 2.73. The molecule has 1 aromatic carbocycles. The molecule has 0 amide bonds. The molecule has 3 nitrogen and oxygen atoms in total. The topological polar surface area (TPSA) is 29.9 Å². The summed E-state index contributed by atoms with van der Waals surface area (Å²) in [4.78, 5) is 0. The number of anilines is 1. The summed E-state index contributed by atoms with van der Waals surface area (Å²) in [7, 11) is 1.98. The maximum atomic E-state index is 4.34. The molecule has 0 aliphatic carbocycles. The minimum absolute atomic E-state index is 0.808. The van der Waals surface area contributed by atoms with E-state index in [0.717, 1.165) is 18.7 Å². The third-order valence-electron chi connectivity index (χ3n) is 3.30. The van der Waals surface area contributed by atoms with Gasteiger partial charge in [0.1, 0.15) is 0 Å². The van der Waals surface area contributed by atoms with Crippen molar-refractivity contribution >= 4 is 5.69 Å². The van der Waals surface area contributed by atoms with Gasteiger partial charge in [0.15, 0.2) is 0 Å². The Morgan fingerprint density at radius 2 is 2.00 bits per heavy atom. The number of hydrogen-bond donors (Lipinski definition) is 1. The number of aryl methyl sites for hydroxylation is 4. The Labute approximate surface area is 109 Å². The lowest BCUT2D eigenvalue weighted by Gasteiger charge is -2.09. The zero-order chi connectivity index (χ0) is 13.1. The van der Waals surface area contributed by atoms with Gasteiger partial charge in [-0.05, 0) is 49.6 Å². The molecule has 96 valence electrons. The standard InChI is InChI=1S/C15H21N3/c1-5-13-6-7-14(8-11(13)2)16-10-15-9-12(3)17-18(15)4/h6-9,16H,5,10H2,1-4H3. The summed E-state index contributed by atoms with van der Waals surface area (Å²) in [6.07, 6.45) is 1.09. The van der Waals surface area contributed by atoms with Crippen LogP contribution in [0.4, 0.5) is 5.69 Å². The van der Waals surface area contributed by atoms with E-state index >= 15 is 0 Å². The molecule has 0 fully saturated rings. The number of nitrogens with one attached hydrogen (secondary N) is 1. The van der Waals surface area contributed by atoms with Crippen LogP contribution in [0.2, 0.25) is 0 Å². The molecular weight excluding hydrogens is 222 g/mol. The predicted octanol–water partition coefficient (Wildman–Crippen LogP) is 3.21. The van der Waals surface area contributed by atoms with Crippen molar-refractivity contribution in [2.24, 2.45) is 7.05 Å². The molecule has 3 heteroatoms. The minimum atomic E-state index is 0.808. The lowest BCUT2D eigenvalue weighted by Crippen LogP contribution is -2.05. The minimum Gasteiger partial charge on any atom is -0.379 e. The van der Waals surface area contributed by atoms with Crippen molar-refractivity contribution in [3.8, 4) is 0 Å². The van der Waals surface area contributed by atoms with Crippen LogP contribution in [0.5, 0.6) is 0 Å². The first kappa shape index (κ1) is 12.7. The summed E-state index contributed by atoms with van der Waals surface area (Å²) in [6, 6.07) is 8.67. The van der Waals surface area contributed by atoms with Gasteiger partial charge in [0.05, 0.1) is 17.9 Å². The summed E-state index contributed by atoms with van der Waals surface area (Å²) >= 11 is 0. The van der Waals surface area contributed by atoms with Crippen molar-refractivity contribution in [2.75, 3.05) is 5.32 Å². The van der Waals surface area contributed by atoms with E-state index in [2.05, 4.69) is 48.5 Å². The SMILES string of the molecule is CCc1ccc(NCc2cc(C)nn2C)cc1C. The van der Waals surface area contributed by atoms with Crippen molar-refractivity contribution in [3.05, 3.63) is 46.8 Å². The van der Waals surface area contributed by atoms with Gasteiger partial charge in [-0.2, -0.15) is 5.10 Å². The molecule has 1 aromatic heterocycles.